The number of aromatic nitrogens is 2. The van der Waals surface area contributed by atoms with E-state index in [0.29, 0.717) is 6.04 Å². The van der Waals surface area contributed by atoms with Crippen molar-refractivity contribution in [1.82, 2.24) is 14.9 Å². The van der Waals surface area contributed by atoms with Crippen molar-refractivity contribution in [1.29, 1.82) is 0 Å². The van der Waals surface area contributed by atoms with Gasteiger partial charge in [-0.05, 0) is 50.4 Å². The third kappa shape index (κ3) is 2.33. The Bertz CT molecular complexity index is 605. The van der Waals surface area contributed by atoms with E-state index in [0.717, 1.165) is 42.3 Å². The van der Waals surface area contributed by atoms with Crippen LogP contribution in [0, 0.1) is 11.7 Å². The summed E-state index contributed by atoms with van der Waals surface area (Å²) < 4.78 is 15.6. The summed E-state index contributed by atoms with van der Waals surface area (Å²) in [5.41, 5.74) is 1.80. The molecule has 1 aromatic carbocycles. The van der Waals surface area contributed by atoms with Gasteiger partial charge in [-0.15, -0.1) is 0 Å². The van der Waals surface area contributed by atoms with E-state index in [1.807, 2.05) is 0 Å². The Morgan fingerprint density at radius 3 is 3.00 bits per heavy atom. The second-order valence-corrected chi connectivity index (χ2v) is 5.65. The molecule has 2 atom stereocenters. The molecule has 1 aliphatic rings. The highest BCUT2D eigenvalue weighted by Crippen LogP contribution is 2.30. The lowest BCUT2D eigenvalue weighted by Gasteiger charge is -2.29. The third-order valence-corrected chi connectivity index (χ3v) is 4.46. The molecule has 0 bridgehead atoms. The molecule has 0 radical (unpaired) electrons. The average Bonchev–Trinajstić information content (AvgIpc) is 2.85. The molecule has 108 valence electrons. The molecular formula is C16H22FN3. The van der Waals surface area contributed by atoms with E-state index in [2.05, 4.69) is 23.7 Å². The third-order valence-electron chi connectivity index (χ3n) is 4.46. The summed E-state index contributed by atoms with van der Waals surface area (Å²) in [6.07, 6.45) is 3.59. The quantitative estimate of drug-likeness (QED) is 0.926. The zero-order chi connectivity index (χ0) is 14.1. The number of halogens is 1. The Labute approximate surface area is 119 Å². The van der Waals surface area contributed by atoms with E-state index in [9.17, 15) is 4.39 Å². The molecule has 0 amide bonds. The van der Waals surface area contributed by atoms with Crippen LogP contribution in [-0.4, -0.2) is 16.1 Å². The zero-order valence-corrected chi connectivity index (χ0v) is 12.2. The second kappa shape index (κ2) is 5.52. The molecule has 2 unspecified atom stereocenters. The fraction of sp³-hybridized carbons (Fsp3) is 0.562. The summed E-state index contributed by atoms with van der Waals surface area (Å²) in [5, 5.41) is 3.57. The average molecular weight is 275 g/mol. The van der Waals surface area contributed by atoms with Crippen molar-refractivity contribution in [3.63, 3.8) is 0 Å². The van der Waals surface area contributed by atoms with Crippen molar-refractivity contribution in [2.24, 2.45) is 5.92 Å². The first-order valence-electron chi connectivity index (χ1n) is 7.62. The number of aryl methyl sites for hydroxylation is 1. The second-order valence-electron chi connectivity index (χ2n) is 5.65. The van der Waals surface area contributed by atoms with E-state index in [1.165, 1.54) is 18.9 Å². The molecular weight excluding hydrogens is 253 g/mol. The van der Waals surface area contributed by atoms with Crippen molar-refractivity contribution >= 4 is 11.0 Å². The van der Waals surface area contributed by atoms with Gasteiger partial charge in [0, 0.05) is 6.54 Å². The Morgan fingerprint density at radius 1 is 1.40 bits per heavy atom. The fourth-order valence-corrected chi connectivity index (χ4v) is 3.28. The van der Waals surface area contributed by atoms with Gasteiger partial charge in [-0.3, -0.25) is 0 Å². The number of hydrogen-bond acceptors (Lipinski definition) is 2. The van der Waals surface area contributed by atoms with E-state index >= 15 is 0 Å². The number of rotatable bonds is 3. The minimum absolute atomic E-state index is 0.193. The number of imidazole rings is 1. The zero-order valence-electron chi connectivity index (χ0n) is 12.2. The SMILES string of the molecule is CCC1CCNC(c2nc3ccc(F)cc3n2CC)C1. The summed E-state index contributed by atoms with van der Waals surface area (Å²) in [7, 11) is 0. The van der Waals surface area contributed by atoms with Gasteiger partial charge in [-0.25, -0.2) is 9.37 Å². The normalized spacial score (nSPS) is 23.4. The molecule has 1 saturated heterocycles. The van der Waals surface area contributed by atoms with Crippen LogP contribution in [0.25, 0.3) is 11.0 Å². The van der Waals surface area contributed by atoms with Gasteiger partial charge in [0.15, 0.2) is 0 Å². The van der Waals surface area contributed by atoms with Crippen LogP contribution in [0.4, 0.5) is 4.39 Å². The van der Waals surface area contributed by atoms with Crippen molar-refractivity contribution in [3.05, 3.63) is 29.8 Å². The molecule has 3 nitrogen and oxygen atoms in total. The maximum atomic E-state index is 13.5. The molecule has 2 heterocycles. The van der Waals surface area contributed by atoms with Crippen molar-refractivity contribution in [3.8, 4) is 0 Å². The Kier molecular flexibility index (Phi) is 3.74. The van der Waals surface area contributed by atoms with Gasteiger partial charge in [0.1, 0.15) is 11.6 Å². The van der Waals surface area contributed by atoms with Crippen LogP contribution in [0.1, 0.15) is 45.0 Å². The van der Waals surface area contributed by atoms with E-state index in [1.54, 1.807) is 12.1 Å². The first-order chi connectivity index (χ1) is 9.72. The molecule has 4 heteroatoms. The number of hydrogen-bond donors (Lipinski definition) is 1. The predicted molar refractivity (Wildman–Crippen MR) is 79.1 cm³/mol. The molecule has 1 fully saturated rings. The summed E-state index contributed by atoms with van der Waals surface area (Å²) in [4.78, 5) is 4.75. The number of fused-ring (bicyclic) bond motifs is 1. The van der Waals surface area contributed by atoms with Gasteiger partial charge < -0.3 is 9.88 Å². The Balaban J connectivity index is 2.02. The minimum atomic E-state index is -0.193. The standard InChI is InChI=1S/C16H22FN3/c1-3-11-7-8-18-14(9-11)16-19-13-6-5-12(17)10-15(13)20(16)4-2/h5-6,10-11,14,18H,3-4,7-9H2,1-2H3. The van der Waals surface area contributed by atoms with Crippen LogP contribution >= 0.6 is 0 Å². The lowest BCUT2D eigenvalue weighted by atomic mass is 9.90. The van der Waals surface area contributed by atoms with Crippen molar-refractivity contribution in [2.75, 3.05) is 6.54 Å². The Morgan fingerprint density at radius 2 is 2.25 bits per heavy atom. The van der Waals surface area contributed by atoms with Crippen LogP contribution in [0.5, 0.6) is 0 Å². The minimum Gasteiger partial charge on any atom is -0.327 e. The maximum absolute atomic E-state index is 13.5. The van der Waals surface area contributed by atoms with E-state index in [-0.39, 0.29) is 5.82 Å². The molecule has 3 rings (SSSR count). The number of nitrogens with one attached hydrogen (secondary N) is 1. The summed E-state index contributed by atoms with van der Waals surface area (Å²) in [5.74, 6) is 1.64. The number of benzene rings is 1. The van der Waals surface area contributed by atoms with Crippen molar-refractivity contribution < 1.29 is 4.39 Å². The summed E-state index contributed by atoms with van der Waals surface area (Å²) in [6.45, 7) is 6.22. The highest BCUT2D eigenvalue weighted by atomic mass is 19.1. The fourth-order valence-electron chi connectivity index (χ4n) is 3.28. The van der Waals surface area contributed by atoms with Crippen LogP contribution in [0.3, 0.4) is 0 Å². The largest absolute Gasteiger partial charge is 0.327 e. The van der Waals surface area contributed by atoms with Gasteiger partial charge in [0.25, 0.3) is 0 Å². The maximum Gasteiger partial charge on any atom is 0.127 e. The van der Waals surface area contributed by atoms with Crippen LogP contribution < -0.4 is 5.32 Å². The van der Waals surface area contributed by atoms with Gasteiger partial charge in [-0.2, -0.15) is 0 Å². The Hall–Kier alpha value is -1.42. The summed E-state index contributed by atoms with van der Waals surface area (Å²) >= 11 is 0. The lowest BCUT2D eigenvalue weighted by molar-refractivity contribution is 0.287. The predicted octanol–water partition coefficient (Wildman–Crippen LogP) is 3.65. The lowest BCUT2D eigenvalue weighted by Crippen LogP contribution is -2.33. The van der Waals surface area contributed by atoms with Gasteiger partial charge in [0.2, 0.25) is 0 Å². The van der Waals surface area contributed by atoms with Gasteiger partial charge >= 0.3 is 0 Å². The summed E-state index contributed by atoms with van der Waals surface area (Å²) in [6, 6.07) is 5.15. The molecule has 1 aromatic heterocycles. The number of nitrogens with zero attached hydrogens (tertiary/aromatic N) is 2. The molecule has 0 aliphatic carbocycles. The van der Waals surface area contributed by atoms with Gasteiger partial charge in [-0.1, -0.05) is 13.3 Å². The monoisotopic (exact) mass is 275 g/mol. The highest BCUT2D eigenvalue weighted by molar-refractivity contribution is 5.76. The molecule has 20 heavy (non-hydrogen) atoms. The topological polar surface area (TPSA) is 29.9 Å². The highest BCUT2D eigenvalue weighted by Gasteiger charge is 2.26. The van der Waals surface area contributed by atoms with E-state index < -0.39 is 0 Å². The smallest absolute Gasteiger partial charge is 0.127 e. The van der Waals surface area contributed by atoms with Crippen LogP contribution in [-0.2, 0) is 6.54 Å². The van der Waals surface area contributed by atoms with Crippen molar-refractivity contribution in [2.45, 2.75) is 45.7 Å². The molecule has 1 aliphatic heterocycles. The van der Waals surface area contributed by atoms with Crippen LogP contribution in [0.2, 0.25) is 0 Å². The molecule has 2 aromatic rings. The van der Waals surface area contributed by atoms with E-state index in [4.69, 9.17) is 4.98 Å². The first-order valence-corrected chi connectivity index (χ1v) is 7.62. The molecule has 0 spiro atoms. The molecule has 1 N–H and O–H groups in total. The number of piperidine rings is 1. The molecule has 0 saturated carbocycles. The first kappa shape index (κ1) is 13.6. The van der Waals surface area contributed by atoms with Gasteiger partial charge in [0.05, 0.1) is 17.1 Å². The van der Waals surface area contributed by atoms with Crippen LogP contribution in [0.15, 0.2) is 18.2 Å².